The molecule has 46 heavy (non-hydrogen) atoms. The first kappa shape index (κ1) is 33.0. The fraction of sp³-hybridized carbons (Fsp3) is 0.619. The highest BCUT2D eigenvalue weighted by Crippen LogP contribution is 2.64. The monoisotopic (exact) mass is 623 g/mol. The van der Waals surface area contributed by atoms with Gasteiger partial charge in [-0.2, -0.15) is 0 Å². The van der Waals surface area contributed by atoms with Gasteiger partial charge in [0.25, 0.3) is 0 Å². The third-order valence-electron chi connectivity index (χ3n) is 14.8. The van der Waals surface area contributed by atoms with Gasteiger partial charge in [-0.15, -0.1) is 0 Å². The lowest BCUT2D eigenvalue weighted by Gasteiger charge is -2.59. The van der Waals surface area contributed by atoms with Gasteiger partial charge in [0.05, 0.1) is 5.70 Å². The van der Waals surface area contributed by atoms with E-state index in [1.54, 1.807) is 12.1 Å². The second kappa shape index (κ2) is 11.7. The first-order chi connectivity index (χ1) is 21.6. The molecule has 0 heterocycles. The van der Waals surface area contributed by atoms with E-state index in [0.717, 1.165) is 62.6 Å². The molecule has 6 rings (SSSR count). The van der Waals surface area contributed by atoms with Gasteiger partial charge in [0.15, 0.2) is 5.78 Å². The highest BCUT2D eigenvalue weighted by atomic mass is 16.3. The van der Waals surface area contributed by atoms with E-state index < -0.39 is 0 Å². The van der Waals surface area contributed by atoms with Crippen molar-refractivity contribution in [3.8, 4) is 5.75 Å². The Balaban J connectivity index is 1.23. The van der Waals surface area contributed by atoms with Crippen molar-refractivity contribution in [3.05, 3.63) is 71.5 Å². The molecule has 0 amide bonds. The summed E-state index contributed by atoms with van der Waals surface area (Å²) in [6, 6.07) is 5.55. The van der Waals surface area contributed by atoms with Gasteiger partial charge in [0.2, 0.25) is 5.78 Å². The van der Waals surface area contributed by atoms with Gasteiger partial charge in [-0.1, -0.05) is 65.8 Å². The number of Topliss-reactive ketones (excluding diaryl/α,β-unsaturated/α-hetero) is 1. The number of hydrogen-bond donors (Lipinski definition) is 2. The van der Waals surface area contributed by atoms with E-state index in [-0.39, 0.29) is 39.0 Å². The minimum atomic E-state index is -0.140. The highest BCUT2D eigenvalue weighted by molar-refractivity contribution is 6.21. The van der Waals surface area contributed by atoms with Gasteiger partial charge in [-0.25, -0.2) is 0 Å². The number of anilines is 1. The van der Waals surface area contributed by atoms with Crippen molar-refractivity contribution >= 4 is 17.3 Å². The van der Waals surface area contributed by atoms with Crippen LogP contribution in [0.2, 0.25) is 0 Å². The number of phenols is 1. The Morgan fingerprint density at radius 1 is 0.804 bits per heavy atom. The summed E-state index contributed by atoms with van der Waals surface area (Å²) in [5.74, 6) is 2.00. The van der Waals surface area contributed by atoms with Crippen LogP contribution < -0.4 is 5.32 Å². The maximum absolute atomic E-state index is 14.1. The summed E-state index contributed by atoms with van der Waals surface area (Å²) >= 11 is 0. The Kier molecular flexibility index (Phi) is 8.38. The summed E-state index contributed by atoms with van der Waals surface area (Å²) < 4.78 is 0. The number of allylic oxidation sites excluding steroid dienone is 5. The quantitative estimate of drug-likeness (QED) is 0.188. The predicted molar refractivity (Wildman–Crippen MR) is 188 cm³/mol. The van der Waals surface area contributed by atoms with E-state index in [1.165, 1.54) is 36.5 Å². The first-order valence-electron chi connectivity index (χ1n) is 18.1. The Hall–Kier alpha value is -2.88. The number of nitrogens with one attached hydrogen (secondary N) is 1. The Bertz CT molecular complexity index is 1530. The molecule has 0 unspecified atom stereocenters. The molecule has 4 fully saturated rings. The lowest BCUT2D eigenvalue weighted by atomic mass is 9.46. The van der Waals surface area contributed by atoms with Crippen LogP contribution >= 0.6 is 0 Å². The SMILES string of the molecule is C=C1CCC[C@H]2[C@](C)(Cc3cc(NC4=CC(=O)C=C(C[C@]5(C)[C@@H](C)CC[C@]6(C)C(=C)CCC[C@@H]56)C4=O)ccc3O)[C@@H](C)CC[C@@]12C. The van der Waals surface area contributed by atoms with Crippen LogP contribution in [0, 0.1) is 45.3 Å². The van der Waals surface area contributed by atoms with Crippen molar-refractivity contribution < 1.29 is 14.7 Å². The summed E-state index contributed by atoms with van der Waals surface area (Å²) in [7, 11) is 0. The van der Waals surface area contributed by atoms with Crippen molar-refractivity contribution in [2.24, 2.45) is 45.3 Å². The van der Waals surface area contributed by atoms with Gasteiger partial charge in [0.1, 0.15) is 5.75 Å². The van der Waals surface area contributed by atoms with Gasteiger partial charge < -0.3 is 10.4 Å². The van der Waals surface area contributed by atoms with Gasteiger partial charge in [-0.05, 0) is 152 Å². The minimum absolute atomic E-state index is 0.0172. The molecule has 0 aliphatic heterocycles. The zero-order chi connectivity index (χ0) is 33.2. The zero-order valence-electron chi connectivity index (χ0n) is 29.4. The summed E-state index contributed by atoms with van der Waals surface area (Å²) in [5, 5.41) is 14.4. The third-order valence-corrected chi connectivity index (χ3v) is 14.8. The van der Waals surface area contributed by atoms with Gasteiger partial charge in [0, 0.05) is 17.3 Å². The largest absolute Gasteiger partial charge is 0.508 e. The second-order valence-electron chi connectivity index (χ2n) is 17.1. The Labute approximate surface area is 277 Å². The van der Waals surface area contributed by atoms with E-state index in [0.29, 0.717) is 41.4 Å². The molecule has 4 heteroatoms. The molecule has 2 N–H and O–H groups in total. The molecule has 5 aliphatic rings. The fourth-order valence-corrected chi connectivity index (χ4v) is 11.2. The third kappa shape index (κ3) is 5.27. The van der Waals surface area contributed by atoms with E-state index in [4.69, 9.17) is 0 Å². The number of fused-ring (bicyclic) bond motifs is 2. The van der Waals surface area contributed by atoms with Crippen LogP contribution in [-0.4, -0.2) is 16.7 Å². The van der Waals surface area contributed by atoms with E-state index in [2.05, 4.69) is 60.0 Å². The average molecular weight is 624 g/mol. The normalized spacial score (nSPS) is 39.7. The fourth-order valence-electron chi connectivity index (χ4n) is 11.2. The van der Waals surface area contributed by atoms with E-state index >= 15 is 0 Å². The van der Waals surface area contributed by atoms with Crippen LogP contribution in [0.25, 0.3) is 0 Å². The van der Waals surface area contributed by atoms with Crippen LogP contribution in [-0.2, 0) is 16.0 Å². The number of carbonyl (C=O) groups excluding carboxylic acids is 2. The summed E-state index contributed by atoms with van der Waals surface area (Å²) in [5.41, 5.74) is 5.50. The Morgan fingerprint density at radius 2 is 1.35 bits per heavy atom. The number of aromatic hydroxyl groups is 1. The minimum Gasteiger partial charge on any atom is -0.508 e. The molecule has 4 nitrogen and oxygen atoms in total. The number of phenolic OH excluding ortho intramolecular Hbond substituents is 1. The zero-order valence-corrected chi connectivity index (χ0v) is 29.4. The predicted octanol–water partition coefficient (Wildman–Crippen LogP) is 10.3. The molecule has 4 saturated carbocycles. The molecule has 0 bridgehead atoms. The molecule has 0 aromatic heterocycles. The number of benzene rings is 1. The summed E-state index contributed by atoms with van der Waals surface area (Å²) in [6.45, 7) is 23.3. The molecule has 5 aliphatic carbocycles. The van der Waals surface area contributed by atoms with Crippen molar-refractivity contribution in [1.82, 2.24) is 0 Å². The lowest BCUT2D eigenvalue weighted by molar-refractivity contribution is -0.116. The topological polar surface area (TPSA) is 66.4 Å². The van der Waals surface area contributed by atoms with Crippen LogP contribution in [0.4, 0.5) is 5.69 Å². The summed E-state index contributed by atoms with van der Waals surface area (Å²) in [6.07, 6.45) is 15.9. The lowest BCUT2D eigenvalue weighted by Crippen LogP contribution is -2.51. The van der Waals surface area contributed by atoms with Crippen LogP contribution in [0.3, 0.4) is 0 Å². The molecule has 0 spiro atoms. The standard InChI is InChI=1S/C42H57NO3/c1-26-11-9-13-36-39(26,5)19-17-28(3)41(36,7)24-30-21-32(15-16-35(30)45)43-34-23-33(44)22-31(38(34)46)25-42(8)29(4)18-20-40(6)27(2)12-10-14-37(40)42/h15-16,21-23,28-29,36-37,43,45H,1-2,9-14,17-20,24-25H2,3-8H3/t28-,29-,36+,37+,39-,40+,41+,42+/m0/s1. The van der Waals surface area contributed by atoms with E-state index in [1.807, 2.05) is 12.1 Å². The molecular formula is C42H57NO3. The maximum Gasteiger partial charge on any atom is 0.205 e. The van der Waals surface area contributed by atoms with Gasteiger partial charge >= 0.3 is 0 Å². The molecule has 1 aromatic carbocycles. The van der Waals surface area contributed by atoms with Crippen molar-refractivity contribution in [2.45, 2.75) is 119 Å². The maximum atomic E-state index is 14.1. The number of carbonyl (C=O) groups is 2. The van der Waals surface area contributed by atoms with Crippen LogP contribution in [0.1, 0.15) is 118 Å². The van der Waals surface area contributed by atoms with E-state index in [9.17, 15) is 14.7 Å². The molecule has 0 radical (unpaired) electrons. The van der Waals surface area contributed by atoms with Crippen LogP contribution in [0.15, 0.2) is 65.9 Å². The number of rotatable bonds is 6. The highest BCUT2D eigenvalue weighted by Gasteiger charge is 2.55. The average Bonchev–Trinajstić information content (AvgIpc) is 3.00. The first-order valence-corrected chi connectivity index (χ1v) is 18.1. The number of hydrogen-bond acceptors (Lipinski definition) is 4. The smallest absolute Gasteiger partial charge is 0.205 e. The van der Waals surface area contributed by atoms with Crippen LogP contribution in [0.5, 0.6) is 5.75 Å². The molecule has 1 aromatic rings. The van der Waals surface area contributed by atoms with Crippen molar-refractivity contribution in [3.63, 3.8) is 0 Å². The second-order valence-corrected chi connectivity index (χ2v) is 17.1. The molecule has 248 valence electrons. The molecule has 0 saturated heterocycles. The Morgan fingerprint density at radius 3 is 1.91 bits per heavy atom. The van der Waals surface area contributed by atoms with Gasteiger partial charge in [-0.3, -0.25) is 9.59 Å². The summed E-state index contributed by atoms with van der Waals surface area (Å²) in [4.78, 5) is 27.2. The van der Waals surface area contributed by atoms with Crippen molar-refractivity contribution in [1.29, 1.82) is 0 Å². The molecule has 8 atom stereocenters. The molecular weight excluding hydrogens is 566 g/mol. The van der Waals surface area contributed by atoms with Crippen molar-refractivity contribution in [2.75, 3.05) is 5.32 Å². The number of ketones is 2.